The van der Waals surface area contributed by atoms with Crippen molar-refractivity contribution < 1.29 is 113 Å². The topological polar surface area (TPSA) is 0 Å². The second-order valence-electron chi connectivity index (χ2n) is 0.577. The maximum atomic E-state index is 2.00. The zero-order valence-corrected chi connectivity index (χ0v) is 11.8. The minimum Gasteiger partial charge on any atom is -0.0922 e. The van der Waals surface area contributed by atoms with E-state index < -0.39 is 0 Å². The van der Waals surface area contributed by atoms with Gasteiger partial charge in [0.1, 0.15) is 7.28 Å². The van der Waals surface area contributed by atoms with E-state index in [1.165, 1.54) is 0 Å². The van der Waals surface area contributed by atoms with E-state index in [1.807, 2.05) is 62.5 Å². The molecule has 0 unspecified atom stereocenters. The first kappa shape index (κ1) is 44.6. The Hall–Kier alpha value is 3.84. The summed E-state index contributed by atoms with van der Waals surface area (Å²) in [5.41, 5.74) is 0. The zero-order valence-electron chi connectivity index (χ0n) is 9.64. The normalized spacial score (nSPS) is 2.67. The van der Waals surface area contributed by atoms with Gasteiger partial charge in [0.25, 0.3) is 0 Å². The molecule has 0 atom stereocenters. The van der Waals surface area contributed by atoms with Crippen molar-refractivity contribution in [1.82, 2.24) is 0 Å². The molecular formula is C8H24Ar3B. The molecule has 1 radical (unpaired) electrons. The van der Waals surface area contributed by atoms with E-state index in [-0.39, 0.29) is 113 Å². The first-order valence-corrected chi connectivity index (χ1v) is 4.15. The molecule has 0 aromatic rings. The summed E-state index contributed by atoms with van der Waals surface area (Å²) in [6, 6.07) is 0. The van der Waals surface area contributed by atoms with Crippen LogP contribution >= 0.6 is 0 Å². The summed E-state index contributed by atoms with van der Waals surface area (Å²) in [4.78, 5) is 0. The molecule has 0 bridgehead atoms. The quantitative estimate of drug-likeness (QED) is 0.573. The van der Waals surface area contributed by atoms with Gasteiger partial charge < -0.3 is 0 Å². The number of rotatable bonds is 0. The Morgan fingerprint density at radius 2 is 0.500 bits per heavy atom. The molecule has 0 saturated carbocycles. The van der Waals surface area contributed by atoms with Crippen LogP contribution in [0.2, 0.25) is 13.6 Å². The average Bonchev–Trinajstić information content (AvgIpc) is 2.01. The van der Waals surface area contributed by atoms with Crippen LogP contribution < -0.4 is 0 Å². The first-order valence-electron chi connectivity index (χ1n) is 4.15. The van der Waals surface area contributed by atoms with Crippen molar-refractivity contribution in [2.75, 3.05) is 0 Å². The fourth-order valence-corrected chi connectivity index (χ4v) is 0. The number of hydrogen-bond acceptors (Lipinski definition) is 0. The van der Waals surface area contributed by atoms with Crippen LogP contribution in [0, 0.1) is 113 Å². The van der Waals surface area contributed by atoms with E-state index >= 15 is 0 Å². The molecule has 0 rings (SSSR count). The van der Waals surface area contributed by atoms with Crippen molar-refractivity contribution in [2.45, 2.75) is 55.2 Å². The molecule has 0 saturated heterocycles. The summed E-state index contributed by atoms with van der Waals surface area (Å²) in [6.07, 6.45) is 0. The molecule has 0 fully saturated rings. The molecule has 12 heavy (non-hydrogen) atoms. The second kappa shape index (κ2) is 121. The third-order valence-corrected chi connectivity index (χ3v) is 0. The molecule has 0 nitrogen and oxygen atoms in total. The molecule has 0 aliphatic rings. The van der Waals surface area contributed by atoms with Gasteiger partial charge >= 0.3 is 0 Å². The Morgan fingerprint density at radius 1 is 0.500 bits per heavy atom. The van der Waals surface area contributed by atoms with Crippen LogP contribution in [-0.2, 0) is 0 Å². The third kappa shape index (κ3) is 155. The minimum atomic E-state index is 0. The third-order valence-electron chi connectivity index (χ3n) is 0. The van der Waals surface area contributed by atoms with Crippen LogP contribution in [0.5, 0.6) is 0 Å². The van der Waals surface area contributed by atoms with E-state index in [2.05, 4.69) is 0 Å². The van der Waals surface area contributed by atoms with Gasteiger partial charge in [-0.2, -0.15) is 0 Å². The van der Waals surface area contributed by atoms with Gasteiger partial charge in [-0.1, -0.05) is 55.2 Å². The Balaban J connectivity index is -0.00000000522. The van der Waals surface area contributed by atoms with Gasteiger partial charge in [-0.3, -0.25) is 0 Å². The van der Waals surface area contributed by atoms with Crippen molar-refractivity contribution in [3.8, 4) is 0 Å². The van der Waals surface area contributed by atoms with Gasteiger partial charge in [0.2, 0.25) is 0 Å². The summed E-state index contributed by atoms with van der Waals surface area (Å²) in [5, 5.41) is 0. The molecular weight excluding hydrogens is 227 g/mol. The second-order valence-corrected chi connectivity index (χ2v) is 0.577. The molecule has 0 aromatic carbocycles. The van der Waals surface area contributed by atoms with Gasteiger partial charge in [0, 0.05) is 113 Å². The standard InChI is InChI=1S/C2H6B.3C2H6.3Ar/c1-3-2;3*1-2;;;/h1-2H3;3*1-2H3;;;. The van der Waals surface area contributed by atoms with Crippen molar-refractivity contribution >= 4 is 7.28 Å². The largest absolute Gasteiger partial charge is 0.102 e. The van der Waals surface area contributed by atoms with Crippen LogP contribution in [0.25, 0.3) is 0 Å². The summed E-state index contributed by atoms with van der Waals surface area (Å²) in [5.74, 6) is 0. The summed E-state index contributed by atoms with van der Waals surface area (Å²) in [6.45, 7) is 16.0. The van der Waals surface area contributed by atoms with Crippen molar-refractivity contribution in [2.24, 2.45) is 0 Å². The van der Waals surface area contributed by atoms with Crippen LogP contribution in [0.3, 0.4) is 0 Å². The Labute approximate surface area is 172 Å². The van der Waals surface area contributed by atoms with Gasteiger partial charge in [-0.05, 0) is 0 Å². The van der Waals surface area contributed by atoms with Crippen LogP contribution in [0.4, 0.5) is 0 Å². The van der Waals surface area contributed by atoms with Gasteiger partial charge in [0.05, 0.1) is 0 Å². The van der Waals surface area contributed by atoms with Crippen LogP contribution in [0.1, 0.15) is 41.5 Å². The fraction of sp³-hybridized carbons (Fsp3) is 1.00. The van der Waals surface area contributed by atoms with E-state index in [9.17, 15) is 0 Å². The number of hydrogen-bond donors (Lipinski definition) is 0. The summed E-state index contributed by atoms with van der Waals surface area (Å²) >= 11 is 0. The van der Waals surface area contributed by atoms with E-state index in [4.69, 9.17) is 0 Å². The van der Waals surface area contributed by atoms with E-state index in [1.54, 1.807) is 0 Å². The monoisotopic (exact) mass is 251 g/mol. The summed E-state index contributed by atoms with van der Waals surface area (Å²) < 4.78 is 0. The molecule has 0 heterocycles. The smallest absolute Gasteiger partial charge is 0.0922 e. The fourth-order valence-electron chi connectivity index (χ4n) is 0. The molecule has 0 aromatic heterocycles. The molecule has 4 heteroatoms. The predicted octanol–water partition coefficient (Wildman–Crippen LogP) is 3.87. The van der Waals surface area contributed by atoms with Crippen molar-refractivity contribution in [3.05, 3.63) is 0 Å². The maximum absolute atomic E-state index is 2.00. The Kier molecular flexibility index (Phi) is 451. The van der Waals surface area contributed by atoms with Gasteiger partial charge in [0.15, 0.2) is 0 Å². The zero-order chi connectivity index (χ0) is 8.71. The Morgan fingerprint density at radius 3 is 0.500 bits per heavy atom. The van der Waals surface area contributed by atoms with Gasteiger partial charge in [-0.15, -0.1) is 0 Å². The maximum Gasteiger partial charge on any atom is 0.102 e. The van der Waals surface area contributed by atoms with E-state index in [0.717, 1.165) is 0 Å². The SMILES string of the molecule is CC.CC.CC.C[B]C.[Ar].[Ar].[Ar]. The average molecular weight is 251 g/mol. The van der Waals surface area contributed by atoms with Crippen molar-refractivity contribution in [1.29, 1.82) is 0 Å². The molecule has 83 valence electrons. The van der Waals surface area contributed by atoms with Gasteiger partial charge in [-0.25, -0.2) is 0 Å². The molecule has 0 spiro atoms. The van der Waals surface area contributed by atoms with Crippen LogP contribution in [-0.4, -0.2) is 7.28 Å². The summed E-state index contributed by atoms with van der Waals surface area (Å²) in [7, 11) is 2.00. The predicted molar refractivity (Wildman–Crippen MR) is 51.5 cm³/mol. The molecule has 0 amide bonds. The van der Waals surface area contributed by atoms with Crippen molar-refractivity contribution in [3.63, 3.8) is 0 Å². The van der Waals surface area contributed by atoms with Crippen LogP contribution in [0.15, 0.2) is 0 Å². The molecule has 0 aliphatic carbocycles. The molecule has 0 N–H and O–H groups in total. The van der Waals surface area contributed by atoms with E-state index in [0.29, 0.717) is 0 Å². The first-order chi connectivity index (χ1) is 4.41. The molecule has 0 aliphatic heterocycles. The minimum absolute atomic E-state index is 0. The Bertz CT molecular complexity index is 14.3.